The van der Waals surface area contributed by atoms with Crippen molar-refractivity contribution in [3.05, 3.63) is 71.1 Å². The van der Waals surface area contributed by atoms with Crippen LogP contribution in [0.5, 0.6) is 0 Å². The summed E-state index contributed by atoms with van der Waals surface area (Å²) >= 11 is 6.12. The van der Waals surface area contributed by atoms with Crippen LogP contribution in [0.1, 0.15) is 25.1 Å². The summed E-state index contributed by atoms with van der Waals surface area (Å²) in [6.07, 6.45) is 4.51. The van der Waals surface area contributed by atoms with Crippen LogP contribution in [-0.4, -0.2) is 27.4 Å². The van der Waals surface area contributed by atoms with E-state index in [2.05, 4.69) is 17.2 Å². The Balaban J connectivity index is 1.60. The normalized spacial score (nSPS) is 12.2. The summed E-state index contributed by atoms with van der Waals surface area (Å²) in [6, 6.07) is 13.0. The molecular formula is C21H20ClN3O3. The number of nitrogens with zero attached hydrogens (tertiary/aromatic N) is 2. The van der Waals surface area contributed by atoms with Gasteiger partial charge in [0.05, 0.1) is 5.69 Å². The Labute approximate surface area is 167 Å². The van der Waals surface area contributed by atoms with Gasteiger partial charge < -0.3 is 10.1 Å². The number of pyridine rings is 1. The second-order valence-corrected chi connectivity index (χ2v) is 6.53. The van der Waals surface area contributed by atoms with Gasteiger partial charge in [-0.05, 0) is 49.2 Å². The first kappa shape index (κ1) is 19.6. The average Bonchev–Trinajstić information content (AvgIpc) is 3.01. The zero-order chi connectivity index (χ0) is 20.1. The van der Waals surface area contributed by atoms with Crippen LogP contribution in [0.4, 0.5) is 5.69 Å². The Morgan fingerprint density at radius 1 is 1.25 bits per heavy atom. The number of carbonyl (C=O) groups excluding carboxylic acids is 2. The quantitative estimate of drug-likeness (QED) is 0.501. The maximum absolute atomic E-state index is 12.2. The van der Waals surface area contributed by atoms with E-state index in [1.807, 2.05) is 36.4 Å². The van der Waals surface area contributed by atoms with Crippen LogP contribution in [0.2, 0.25) is 5.15 Å². The molecule has 144 valence electrons. The maximum atomic E-state index is 12.2. The van der Waals surface area contributed by atoms with Gasteiger partial charge in [-0.1, -0.05) is 36.7 Å². The number of benzene rings is 1. The number of amides is 1. The maximum Gasteiger partial charge on any atom is 0.331 e. The van der Waals surface area contributed by atoms with E-state index in [9.17, 15) is 9.59 Å². The molecule has 7 heteroatoms. The number of nitrogens with one attached hydrogen (secondary N) is 1. The van der Waals surface area contributed by atoms with Crippen LogP contribution in [0.25, 0.3) is 11.7 Å². The summed E-state index contributed by atoms with van der Waals surface area (Å²) in [5.41, 5.74) is 3.05. The number of ether oxygens (including phenoxy) is 1. The fourth-order valence-corrected chi connectivity index (χ4v) is 2.86. The van der Waals surface area contributed by atoms with Crippen molar-refractivity contribution in [1.29, 1.82) is 0 Å². The van der Waals surface area contributed by atoms with Crippen molar-refractivity contribution >= 4 is 40.9 Å². The Hall–Kier alpha value is -3.12. The molecule has 0 radical (unpaired) electrons. The predicted molar refractivity (Wildman–Crippen MR) is 109 cm³/mol. The van der Waals surface area contributed by atoms with Crippen molar-refractivity contribution in [3.63, 3.8) is 0 Å². The highest BCUT2D eigenvalue weighted by Gasteiger charge is 2.17. The minimum absolute atomic E-state index is 0.275. The van der Waals surface area contributed by atoms with E-state index >= 15 is 0 Å². The van der Waals surface area contributed by atoms with Gasteiger partial charge in [0.1, 0.15) is 5.65 Å². The number of halogens is 1. The van der Waals surface area contributed by atoms with Crippen LogP contribution >= 0.6 is 11.6 Å². The summed E-state index contributed by atoms with van der Waals surface area (Å²) in [6.45, 7) is 3.57. The highest BCUT2D eigenvalue weighted by molar-refractivity contribution is 6.31. The molecule has 0 unspecified atom stereocenters. The molecule has 1 N–H and O–H groups in total. The molecule has 1 amide bonds. The number of aromatic nitrogens is 2. The van der Waals surface area contributed by atoms with Crippen molar-refractivity contribution in [2.24, 2.45) is 0 Å². The first-order valence-corrected chi connectivity index (χ1v) is 9.27. The van der Waals surface area contributed by atoms with Gasteiger partial charge >= 0.3 is 5.97 Å². The molecule has 3 aromatic rings. The number of hydrogen-bond donors (Lipinski definition) is 1. The highest BCUT2D eigenvalue weighted by atomic mass is 35.5. The zero-order valence-electron chi connectivity index (χ0n) is 15.6. The Morgan fingerprint density at radius 2 is 2.00 bits per heavy atom. The molecular weight excluding hydrogens is 378 g/mol. The molecule has 0 aliphatic carbocycles. The zero-order valence-corrected chi connectivity index (χ0v) is 16.3. The number of carbonyl (C=O) groups is 2. The summed E-state index contributed by atoms with van der Waals surface area (Å²) in [4.78, 5) is 28.5. The van der Waals surface area contributed by atoms with Gasteiger partial charge in [0, 0.05) is 18.0 Å². The molecule has 1 atom stereocenters. The standard InChI is InChI=1S/C21H20ClN3O3/c1-3-15-7-9-16(10-8-15)23-21(27)14(2)28-19(26)12-11-17-20(22)24-18-6-4-5-13-25(17)18/h4-14H,3H2,1-2H3,(H,23,27)/b12-11+/t14-/m0/s1. The highest BCUT2D eigenvalue weighted by Crippen LogP contribution is 2.19. The molecule has 0 aliphatic heterocycles. The van der Waals surface area contributed by atoms with Crippen LogP contribution in [0.15, 0.2) is 54.7 Å². The van der Waals surface area contributed by atoms with Gasteiger partial charge in [-0.25, -0.2) is 9.78 Å². The fraction of sp³-hybridized carbons (Fsp3) is 0.190. The molecule has 28 heavy (non-hydrogen) atoms. The lowest BCUT2D eigenvalue weighted by Crippen LogP contribution is -2.29. The van der Waals surface area contributed by atoms with E-state index in [0.717, 1.165) is 6.42 Å². The topological polar surface area (TPSA) is 72.7 Å². The molecule has 0 fully saturated rings. The Bertz CT molecular complexity index is 1030. The number of hydrogen-bond acceptors (Lipinski definition) is 4. The van der Waals surface area contributed by atoms with E-state index in [1.54, 1.807) is 16.7 Å². The second-order valence-electron chi connectivity index (χ2n) is 6.17. The third-order valence-corrected chi connectivity index (χ3v) is 4.47. The van der Waals surface area contributed by atoms with Gasteiger partial charge in [0.25, 0.3) is 5.91 Å². The number of fused-ring (bicyclic) bond motifs is 1. The van der Waals surface area contributed by atoms with E-state index in [1.165, 1.54) is 24.6 Å². The van der Waals surface area contributed by atoms with Crippen LogP contribution < -0.4 is 5.32 Å². The SMILES string of the molecule is CCc1ccc(NC(=O)[C@H](C)OC(=O)/C=C/c2c(Cl)nc3ccccn23)cc1. The second kappa shape index (κ2) is 8.71. The number of imidazole rings is 1. The average molecular weight is 398 g/mol. The Morgan fingerprint density at radius 3 is 2.71 bits per heavy atom. The third kappa shape index (κ3) is 4.58. The number of aryl methyl sites for hydroxylation is 1. The van der Waals surface area contributed by atoms with Gasteiger partial charge in [-0.2, -0.15) is 0 Å². The molecule has 6 nitrogen and oxygen atoms in total. The molecule has 3 rings (SSSR count). The molecule has 0 saturated heterocycles. The van der Waals surface area contributed by atoms with E-state index in [0.29, 0.717) is 17.0 Å². The largest absolute Gasteiger partial charge is 0.449 e. The number of esters is 1. The predicted octanol–water partition coefficient (Wildman–Crippen LogP) is 4.13. The molecule has 1 aromatic carbocycles. The Kier molecular flexibility index (Phi) is 6.11. The summed E-state index contributed by atoms with van der Waals surface area (Å²) in [7, 11) is 0. The minimum atomic E-state index is -0.944. The van der Waals surface area contributed by atoms with Crippen molar-refractivity contribution in [3.8, 4) is 0 Å². The van der Waals surface area contributed by atoms with E-state index in [-0.39, 0.29) is 5.15 Å². The summed E-state index contributed by atoms with van der Waals surface area (Å²) in [5.74, 6) is -1.05. The van der Waals surface area contributed by atoms with Crippen molar-refractivity contribution in [2.45, 2.75) is 26.4 Å². The summed E-state index contributed by atoms with van der Waals surface area (Å²) < 4.78 is 6.92. The smallest absolute Gasteiger partial charge is 0.331 e. The lowest BCUT2D eigenvalue weighted by atomic mass is 10.1. The van der Waals surface area contributed by atoms with Gasteiger partial charge in [-0.15, -0.1) is 0 Å². The van der Waals surface area contributed by atoms with Crippen LogP contribution in [-0.2, 0) is 20.7 Å². The molecule has 0 aliphatic rings. The first-order valence-electron chi connectivity index (χ1n) is 8.89. The van der Waals surface area contributed by atoms with Gasteiger partial charge in [0.2, 0.25) is 0 Å². The third-order valence-electron chi connectivity index (χ3n) is 4.19. The van der Waals surface area contributed by atoms with Crippen LogP contribution in [0.3, 0.4) is 0 Å². The van der Waals surface area contributed by atoms with Crippen LogP contribution in [0, 0.1) is 0 Å². The fourth-order valence-electron chi connectivity index (χ4n) is 2.62. The molecule has 0 saturated carbocycles. The monoisotopic (exact) mass is 397 g/mol. The molecule has 2 aromatic heterocycles. The number of rotatable bonds is 6. The number of anilines is 1. The van der Waals surface area contributed by atoms with Crippen molar-refractivity contribution in [1.82, 2.24) is 9.38 Å². The van der Waals surface area contributed by atoms with Crippen molar-refractivity contribution < 1.29 is 14.3 Å². The molecule has 0 bridgehead atoms. The minimum Gasteiger partial charge on any atom is -0.449 e. The van der Waals surface area contributed by atoms with E-state index in [4.69, 9.17) is 16.3 Å². The van der Waals surface area contributed by atoms with Gasteiger partial charge in [0.15, 0.2) is 11.3 Å². The van der Waals surface area contributed by atoms with E-state index < -0.39 is 18.0 Å². The lowest BCUT2D eigenvalue weighted by molar-refractivity contribution is -0.148. The first-order chi connectivity index (χ1) is 13.5. The van der Waals surface area contributed by atoms with Crippen molar-refractivity contribution in [2.75, 3.05) is 5.32 Å². The molecule has 2 heterocycles. The van der Waals surface area contributed by atoms with Gasteiger partial charge in [-0.3, -0.25) is 9.20 Å². The molecule has 0 spiro atoms. The lowest BCUT2D eigenvalue weighted by Gasteiger charge is -2.12. The summed E-state index contributed by atoms with van der Waals surface area (Å²) in [5, 5.41) is 3.00.